The van der Waals surface area contributed by atoms with Gasteiger partial charge in [0, 0.05) is 17.6 Å². The fourth-order valence-corrected chi connectivity index (χ4v) is 6.39. The molecule has 0 aliphatic carbocycles. The fraction of sp³-hybridized carbons (Fsp3) is 0.0952. The number of sulfonamides is 2. The monoisotopic (exact) mass is 505 g/mol. The molecule has 0 saturated heterocycles. The van der Waals surface area contributed by atoms with Crippen LogP contribution >= 0.6 is 11.6 Å². The molecule has 9 nitrogen and oxygen atoms in total. The van der Waals surface area contributed by atoms with Gasteiger partial charge in [-0.1, -0.05) is 17.7 Å². The Hall–Kier alpha value is -3.28. The number of benzene rings is 3. The van der Waals surface area contributed by atoms with Crippen LogP contribution in [0.1, 0.15) is 5.56 Å². The predicted octanol–water partition coefficient (Wildman–Crippen LogP) is 3.33. The average Bonchev–Trinajstić information content (AvgIpc) is 3.35. The lowest BCUT2D eigenvalue weighted by atomic mass is 10.1. The molecular weight excluding hydrogens is 490 g/mol. The molecule has 12 heteroatoms. The van der Waals surface area contributed by atoms with Gasteiger partial charge in [-0.15, -0.1) is 0 Å². The van der Waals surface area contributed by atoms with Crippen molar-refractivity contribution in [3.63, 3.8) is 0 Å². The van der Waals surface area contributed by atoms with Gasteiger partial charge in [0.15, 0.2) is 5.58 Å². The summed E-state index contributed by atoms with van der Waals surface area (Å²) in [4.78, 5) is 13.8. The van der Waals surface area contributed by atoms with Gasteiger partial charge in [0.25, 0.3) is 20.0 Å². The van der Waals surface area contributed by atoms with E-state index in [2.05, 4.69) is 9.71 Å². The number of anilines is 2. The first-order valence-electron chi connectivity index (χ1n) is 9.70. The zero-order valence-electron chi connectivity index (χ0n) is 16.8. The molecular formula is C21H16ClN3O6S2. The molecule has 4 aromatic rings. The van der Waals surface area contributed by atoms with Crippen molar-refractivity contribution in [2.75, 3.05) is 15.6 Å². The van der Waals surface area contributed by atoms with Gasteiger partial charge in [0.05, 0.1) is 26.7 Å². The maximum absolute atomic E-state index is 13.2. The molecule has 5 rings (SSSR count). The summed E-state index contributed by atoms with van der Waals surface area (Å²) in [7, 11) is -7.88. The number of hydrogen-bond donors (Lipinski definition) is 2. The van der Waals surface area contributed by atoms with Crippen molar-refractivity contribution in [3.05, 3.63) is 81.8 Å². The van der Waals surface area contributed by atoms with E-state index < -0.39 is 25.8 Å². The van der Waals surface area contributed by atoms with Crippen molar-refractivity contribution in [2.24, 2.45) is 0 Å². The van der Waals surface area contributed by atoms with Gasteiger partial charge in [0.1, 0.15) is 0 Å². The van der Waals surface area contributed by atoms with Crippen LogP contribution in [-0.4, -0.2) is 28.4 Å². The van der Waals surface area contributed by atoms with Gasteiger partial charge in [-0.3, -0.25) is 14.0 Å². The maximum Gasteiger partial charge on any atom is 0.417 e. The quantitative estimate of drug-likeness (QED) is 0.428. The molecule has 0 bridgehead atoms. The zero-order chi connectivity index (χ0) is 23.4. The zero-order valence-corrected chi connectivity index (χ0v) is 19.2. The minimum absolute atomic E-state index is 0.0898. The molecule has 0 saturated carbocycles. The normalized spacial score (nSPS) is 13.9. The second-order valence-electron chi connectivity index (χ2n) is 7.40. The molecule has 0 atom stereocenters. The molecule has 1 aliphatic rings. The summed E-state index contributed by atoms with van der Waals surface area (Å²) >= 11 is 5.87. The topological polar surface area (TPSA) is 130 Å². The Labute approximate surface area is 193 Å². The third kappa shape index (κ3) is 3.88. The first kappa shape index (κ1) is 21.6. The van der Waals surface area contributed by atoms with Crippen molar-refractivity contribution in [3.8, 4) is 0 Å². The largest absolute Gasteiger partial charge is 0.417 e. The number of fused-ring (bicyclic) bond motifs is 2. The fourth-order valence-electron chi connectivity index (χ4n) is 3.70. The highest BCUT2D eigenvalue weighted by Crippen LogP contribution is 2.36. The number of H-pyrrole nitrogens is 1. The van der Waals surface area contributed by atoms with Crippen LogP contribution in [0.25, 0.3) is 11.1 Å². The Morgan fingerprint density at radius 3 is 2.42 bits per heavy atom. The number of nitrogens with one attached hydrogen (secondary N) is 2. The highest BCUT2D eigenvalue weighted by molar-refractivity contribution is 7.93. The van der Waals surface area contributed by atoms with Gasteiger partial charge >= 0.3 is 5.76 Å². The Morgan fingerprint density at radius 2 is 1.67 bits per heavy atom. The molecule has 33 heavy (non-hydrogen) atoms. The Morgan fingerprint density at radius 1 is 0.939 bits per heavy atom. The smallest absolute Gasteiger partial charge is 0.408 e. The summed E-state index contributed by atoms with van der Waals surface area (Å²) < 4.78 is 60.8. The molecule has 0 fully saturated rings. The van der Waals surface area contributed by atoms with Gasteiger partial charge < -0.3 is 4.42 Å². The standard InChI is InChI=1S/C21H16ClN3O6S2/c22-14-2-5-16(6-3-14)33(29,30)25-10-9-13-1-4-15(11-19(13)25)24-32(27,28)17-7-8-18-20(12-17)31-21(26)23-18/h1-8,11-12,24H,9-10H2,(H,23,26). The summed E-state index contributed by atoms with van der Waals surface area (Å²) in [5, 5.41) is 0.421. The van der Waals surface area contributed by atoms with Gasteiger partial charge in [-0.2, -0.15) is 0 Å². The van der Waals surface area contributed by atoms with Crippen molar-refractivity contribution in [2.45, 2.75) is 16.2 Å². The molecule has 170 valence electrons. The highest BCUT2D eigenvalue weighted by atomic mass is 35.5. The van der Waals surface area contributed by atoms with Crippen LogP contribution in [0.15, 0.2) is 79.7 Å². The van der Waals surface area contributed by atoms with Crippen molar-refractivity contribution in [1.29, 1.82) is 0 Å². The number of rotatable bonds is 5. The summed E-state index contributed by atoms with van der Waals surface area (Å²) in [6.07, 6.45) is 0.498. The maximum atomic E-state index is 13.2. The van der Waals surface area contributed by atoms with Gasteiger partial charge in [-0.05, 0) is 60.5 Å². The van der Waals surface area contributed by atoms with E-state index in [0.717, 1.165) is 5.56 Å². The lowest BCUT2D eigenvalue weighted by Crippen LogP contribution is -2.29. The van der Waals surface area contributed by atoms with Crippen LogP contribution in [0, 0.1) is 0 Å². The van der Waals surface area contributed by atoms with Gasteiger partial charge in [0.2, 0.25) is 0 Å². The lowest BCUT2D eigenvalue weighted by Gasteiger charge is -2.20. The van der Waals surface area contributed by atoms with Crippen LogP contribution in [0.4, 0.5) is 11.4 Å². The second kappa shape index (κ2) is 7.65. The van der Waals surface area contributed by atoms with E-state index in [9.17, 15) is 21.6 Å². The van der Waals surface area contributed by atoms with Crippen LogP contribution in [0.3, 0.4) is 0 Å². The average molecular weight is 506 g/mol. The summed E-state index contributed by atoms with van der Waals surface area (Å²) in [6, 6.07) is 14.6. The molecule has 1 aromatic heterocycles. The SMILES string of the molecule is O=c1[nH]c2ccc(S(=O)(=O)Nc3ccc4c(c3)N(S(=O)(=O)c3ccc(Cl)cc3)CC4)cc2o1. The van der Waals surface area contributed by atoms with E-state index in [1.165, 1.54) is 52.8 Å². The van der Waals surface area contributed by atoms with E-state index in [1.54, 1.807) is 12.1 Å². The molecule has 0 radical (unpaired) electrons. The summed E-state index contributed by atoms with van der Waals surface area (Å²) in [5.74, 6) is -0.687. The first-order chi connectivity index (χ1) is 15.6. The summed E-state index contributed by atoms with van der Waals surface area (Å²) in [6.45, 7) is 0.236. The predicted molar refractivity (Wildman–Crippen MR) is 124 cm³/mol. The van der Waals surface area contributed by atoms with E-state index in [-0.39, 0.29) is 27.6 Å². The second-order valence-corrected chi connectivity index (χ2v) is 11.4. The first-order valence-corrected chi connectivity index (χ1v) is 13.0. The minimum Gasteiger partial charge on any atom is -0.408 e. The van der Waals surface area contributed by atoms with Crippen LogP contribution in [0.2, 0.25) is 5.02 Å². The Kier molecular flexibility index (Phi) is 5.00. The van der Waals surface area contributed by atoms with E-state index >= 15 is 0 Å². The van der Waals surface area contributed by atoms with Crippen LogP contribution < -0.4 is 14.8 Å². The van der Waals surface area contributed by atoms with Crippen molar-refractivity contribution < 1.29 is 21.3 Å². The molecule has 0 spiro atoms. The Balaban J connectivity index is 1.47. The van der Waals surface area contributed by atoms with E-state index in [1.807, 2.05) is 0 Å². The summed E-state index contributed by atoms with van der Waals surface area (Å²) in [5.41, 5.74) is 1.86. The lowest BCUT2D eigenvalue weighted by molar-refractivity contribution is 0.554. The number of halogens is 1. The molecule has 0 amide bonds. The third-order valence-electron chi connectivity index (χ3n) is 5.29. The number of nitrogens with zero attached hydrogens (tertiary/aromatic N) is 1. The van der Waals surface area contributed by atoms with Crippen LogP contribution in [-0.2, 0) is 26.5 Å². The number of aromatic nitrogens is 1. The molecule has 2 heterocycles. The molecule has 1 aliphatic heterocycles. The van der Waals surface area contributed by atoms with Gasteiger partial charge in [-0.25, -0.2) is 21.6 Å². The third-order valence-corrected chi connectivity index (χ3v) is 8.75. The van der Waals surface area contributed by atoms with Crippen molar-refractivity contribution >= 4 is 54.1 Å². The Bertz CT molecular complexity index is 1660. The molecule has 3 aromatic carbocycles. The number of oxazole rings is 1. The minimum atomic E-state index is -4.03. The molecule has 0 unspecified atom stereocenters. The number of hydrogen-bond acceptors (Lipinski definition) is 6. The van der Waals surface area contributed by atoms with Crippen LogP contribution in [0.5, 0.6) is 0 Å². The molecule has 2 N–H and O–H groups in total. The van der Waals surface area contributed by atoms with E-state index in [4.69, 9.17) is 16.0 Å². The highest BCUT2D eigenvalue weighted by Gasteiger charge is 2.31. The van der Waals surface area contributed by atoms with Crippen molar-refractivity contribution in [1.82, 2.24) is 4.98 Å². The van der Waals surface area contributed by atoms with E-state index in [0.29, 0.717) is 22.6 Å². The number of aromatic amines is 1.